The average molecular weight is 234 g/mol. The average Bonchev–Trinajstić information content (AvgIpc) is 2.37. The van der Waals surface area contributed by atoms with Crippen molar-refractivity contribution in [2.24, 2.45) is 0 Å². The number of hydrogen-bond donors (Lipinski definition) is 0. The van der Waals surface area contributed by atoms with Crippen molar-refractivity contribution in [2.75, 3.05) is 7.11 Å². The Bertz CT molecular complexity index is 327. The first-order valence-corrected chi connectivity index (χ1v) is 6.41. The van der Waals surface area contributed by atoms with Gasteiger partial charge in [0.15, 0.2) is 0 Å². The van der Waals surface area contributed by atoms with Gasteiger partial charge in [0.1, 0.15) is 11.5 Å². The van der Waals surface area contributed by atoms with E-state index < -0.39 is 0 Å². The molecule has 0 atom stereocenters. The number of aryl methyl sites for hydroxylation is 1. The molecular weight excluding hydrogens is 212 g/mol. The lowest BCUT2D eigenvalue weighted by molar-refractivity contribution is -0.119. The van der Waals surface area contributed by atoms with E-state index in [-0.39, 0.29) is 0 Å². The zero-order valence-electron chi connectivity index (χ0n) is 10.9. The Balaban J connectivity index is 2.23. The van der Waals surface area contributed by atoms with E-state index in [2.05, 4.69) is 19.1 Å². The van der Waals surface area contributed by atoms with Crippen molar-refractivity contribution >= 4 is 5.78 Å². The van der Waals surface area contributed by atoms with Crippen LogP contribution in [0, 0.1) is 0 Å². The number of hydrogen-bond acceptors (Lipinski definition) is 2. The van der Waals surface area contributed by atoms with Gasteiger partial charge >= 0.3 is 0 Å². The monoisotopic (exact) mass is 234 g/mol. The largest absolute Gasteiger partial charge is 0.497 e. The first-order chi connectivity index (χ1) is 8.26. The van der Waals surface area contributed by atoms with Crippen LogP contribution in [0.3, 0.4) is 0 Å². The summed E-state index contributed by atoms with van der Waals surface area (Å²) in [6.45, 7) is 2.12. The standard InChI is InChI=1S/C15H22O2/c1-3-4-7-14(16)8-5-6-13-9-11-15(17-2)12-10-13/h9-12H,3-8H2,1-2H3. The zero-order valence-corrected chi connectivity index (χ0v) is 10.9. The number of benzene rings is 1. The van der Waals surface area contributed by atoms with Gasteiger partial charge in [0.05, 0.1) is 7.11 Å². The molecular formula is C15H22O2. The molecule has 0 aliphatic carbocycles. The van der Waals surface area contributed by atoms with Gasteiger partial charge in [-0.05, 0) is 37.0 Å². The third kappa shape index (κ3) is 5.53. The molecule has 17 heavy (non-hydrogen) atoms. The molecule has 0 aliphatic rings. The summed E-state index contributed by atoms with van der Waals surface area (Å²) in [6.07, 6.45) is 5.52. The van der Waals surface area contributed by atoms with Crippen LogP contribution >= 0.6 is 0 Å². The Hall–Kier alpha value is -1.31. The molecule has 0 fully saturated rings. The highest BCUT2D eigenvalue weighted by Gasteiger charge is 2.01. The second kappa shape index (κ2) is 7.88. The highest BCUT2D eigenvalue weighted by atomic mass is 16.5. The van der Waals surface area contributed by atoms with Crippen molar-refractivity contribution in [3.63, 3.8) is 0 Å². The normalized spacial score (nSPS) is 10.2. The molecule has 0 heterocycles. The van der Waals surface area contributed by atoms with Gasteiger partial charge in [0.2, 0.25) is 0 Å². The van der Waals surface area contributed by atoms with Crippen molar-refractivity contribution < 1.29 is 9.53 Å². The van der Waals surface area contributed by atoms with Crippen LogP contribution < -0.4 is 4.74 Å². The second-order valence-electron chi connectivity index (χ2n) is 4.34. The van der Waals surface area contributed by atoms with Gasteiger partial charge in [-0.15, -0.1) is 0 Å². The fraction of sp³-hybridized carbons (Fsp3) is 0.533. The Morgan fingerprint density at radius 1 is 1.12 bits per heavy atom. The van der Waals surface area contributed by atoms with Gasteiger partial charge in [-0.3, -0.25) is 4.79 Å². The highest BCUT2D eigenvalue weighted by molar-refractivity contribution is 5.78. The molecule has 0 unspecified atom stereocenters. The summed E-state index contributed by atoms with van der Waals surface area (Å²) >= 11 is 0. The van der Waals surface area contributed by atoms with Crippen LogP contribution in [-0.2, 0) is 11.2 Å². The molecule has 94 valence electrons. The SMILES string of the molecule is CCCCC(=O)CCCc1ccc(OC)cc1. The van der Waals surface area contributed by atoms with Crippen LogP contribution in [0.1, 0.15) is 44.6 Å². The number of Topliss-reactive ketones (excluding diaryl/α,β-unsaturated/α-hetero) is 1. The number of carbonyl (C=O) groups is 1. The number of carbonyl (C=O) groups excluding carboxylic acids is 1. The molecule has 0 spiro atoms. The fourth-order valence-electron chi connectivity index (χ4n) is 1.78. The summed E-state index contributed by atoms with van der Waals surface area (Å²) in [6, 6.07) is 8.06. The summed E-state index contributed by atoms with van der Waals surface area (Å²) in [4.78, 5) is 11.5. The zero-order chi connectivity index (χ0) is 12.5. The molecule has 0 amide bonds. The van der Waals surface area contributed by atoms with Crippen LogP contribution in [0.5, 0.6) is 5.75 Å². The van der Waals surface area contributed by atoms with Crippen molar-refractivity contribution in [2.45, 2.75) is 45.4 Å². The fourth-order valence-corrected chi connectivity index (χ4v) is 1.78. The topological polar surface area (TPSA) is 26.3 Å². The predicted molar refractivity (Wildman–Crippen MR) is 70.5 cm³/mol. The Morgan fingerprint density at radius 3 is 2.35 bits per heavy atom. The minimum atomic E-state index is 0.403. The van der Waals surface area contributed by atoms with Gasteiger partial charge in [-0.1, -0.05) is 25.5 Å². The van der Waals surface area contributed by atoms with E-state index in [4.69, 9.17) is 4.74 Å². The van der Waals surface area contributed by atoms with Crippen LogP contribution in [0.4, 0.5) is 0 Å². The molecule has 0 saturated carbocycles. The molecule has 1 rings (SSSR count). The Kier molecular flexibility index (Phi) is 6.38. The summed E-state index contributed by atoms with van der Waals surface area (Å²) in [5, 5.41) is 0. The lowest BCUT2D eigenvalue weighted by Crippen LogP contribution is -1.98. The highest BCUT2D eigenvalue weighted by Crippen LogP contribution is 2.13. The number of rotatable bonds is 8. The number of unbranched alkanes of at least 4 members (excludes halogenated alkanes) is 1. The van der Waals surface area contributed by atoms with Crippen molar-refractivity contribution in [1.29, 1.82) is 0 Å². The van der Waals surface area contributed by atoms with E-state index in [9.17, 15) is 4.79 Å². The lowest BCUT2D eigenvalue weighted by Gasteiger charge is -2.03. The van der Waals surface area contributed by atoms with Gasteiger partial charge in [-0.25, -0.2) is 0 Å². The molecule has 0 radical (unpaired) electrons. The van der Waals surface area contributed by atoms with Crippen LogP contribution in [0.25, 0.3) is 0 Å². The van der Waals surface area contributed by atoms with Gasteiger partial charge in [-0.2, -0.15) is 0 Å². The van der Waals surface area contributed by atoms with E-state index in [1.165, 1.54) is 5.56 Å². The molecule has 0 aromatic heterocycles. The van der Waals surface area contributed by atoms with Crippen molar-refractivity contribution in [3.8, 4) is 5.75 Å². The minimum Gasteiger partial charge on any atom is -0.497 e. The van der Waals surface area contributed by atoms with Crippen molar-refractivity contribution in [3.05, 3.63) is 29.8 Å². The first-order valence-electron chi connectivity index (χ1n) is 6.41. The van der Waals surface area contributed by atoms with Gasteiger partial charge in [0.25, 0.3) is 0 Å². The number of methoxy groups -OCH3 is 1. The van der Waals surface area contributed by atoms with E-state index in [1.807, 2.05) is 12.1 Å². The Morgan fingerprint density at radius 2 is 1.76 bits per heavy atom. The molecule has 0 saturated heterocycles. The number of ketones is 1. The molecule has 1 aromatic carbocycles. The maximum Gasteiger partial charge on any atom is 0.132 e. The molecule has 2 nitrogen and oxygen atoms in total. The molecule has 0 bridgehead atoms. The van der Waals surface area contributed by atoms with Crippen LogP contribution in [0.15, 0.2) is 24.3 Å². The van der Waals surface area contributed by atoms with E-state index in [0.29, 0.717) is 12.2 Å². The van der Waals surface area contributed by atoms with Gasteiger partial charge in [0, 0.05) is 12.8 Å². The summed E-state index contributed by atoms with van der Waals surface area (Å²) < 4.78 is 5.10. The molecule has 0 N–H and O–H groups in total. The lowest BCUT2D eigenvalue weighted by atomic mass is 10.0. The van der Waals surface area contributed by atoms with Gasteiger partial charge < -0.3 is 4.74 Å². The van der Waals surface area contributed by atoms with Crippen LogP contribution in [-0.4, -0.2) is 12.9 Å². The summed E-state index contributed by atoms with van der Waals surface area (Å²) in [7, 11) is 1.67. The maximum atomic E-state index is 11.5. The smallest absolute Gasteiger partial charge is 0.132 e. The van der Waals surface area contributed by atoms with Crippen LogP contribution in [0.2, 0.25) is 0 Å². The van der Waals surface area contributed by atoms with E-state index in [0.717, 1.165) is 37.9 Å². The Labute approximate surface area is 104 Å². The van der Waals surface area contributed by atoms with Crippen molar-refractivity contribution in [1.82, 2.24) is 0 Å². The summed E-state index contributed by atoms with van der Waals surface area (Å²) in [5.41, 5.74) is 1.27. The molecule has 1 aromatic rings. The maximum absolute atomic E-state index is 11.5. The third-order valence-corrected chi connectivity index (χ3v) is 2.89. The first kappa shape index (κ1) is 13.8. The quantitative estimate of drug-likeness (QED) is 0.684. The predicted octanol–water partition coefficient (Wildman–Crippen LogP) is 3.78. The van der Waals surface area contributed by atoms with E-state index in [1.54, 1.807) is 7.11 Å². The summed E-state index contributed by atoms with van der Waals surface area (Å²) in [5.74, 6) is 1.29. The number of ether oxygens (including phenoxy) is 1. The third-order valence-electron chi connectivity index (χ3n) is 2.89. The molecule has 0 aliphatic heterocycles. The van der Waals surface area contributed by atoms with E-state index >= 15 is 0 Å². The minimum absolute atomic E-state index is 0.403. The second-order valence-corrected chi connectivity index (χ2v) is 4.34. The molecule has 2 heteroatoms.